The fraction of sp³-hybridized carbons (Fsp3) is 0.158. The van der Waals surface area contributed by atoms with E-state index in [9.17, 15) is 4.79 Å². The van der Waals surface area contributed by atoms with Crippen LogP contribution in [-0.4, -0.2) is 31.8 Å². The highest BCUT2D eigenvalue weighted by Gasteiger charge is 2.18. The highest BCUT2D eigenvalue weighted by molar-refractivity contribution is 6.31. The van der Waals surface area contributed by atoms with Crippen molar-refractivity contribution in [3.8, 4) is 5.75 Å². The van der Waals surface area contributed by atoms with E-state index in [0.717, 1.165) is 10.9 Å². The van der Waals surface area contributed by atoms with Gasteiger partial charge in [0.2, 0.25) is 0 Å². The molecule has 7 nitrogen and oxygen atoms in total. The lowest BCUT2D eigenvalue weighted by molar-refractivity contribution is -0.122. The summed E-state index contributed by atoms with van der Waals surface area (Å²) in [5.74, 6) is 0.370. The number of amides is 1. The lowest BCUT2D eigenvalue weighted by Gasteiger charge is -2.13. The second-order valence-corrected chi connectivity index (χ2v) is 6.53. The van der Waals surface area contributed by atoms with Crippen LogP contribution in [-0.2, 0) is 11.8 Å². The molecule has 0 radical (unpaired) electrons. The number of aryl methyl sites for hydroxylation is 1. The average Bonchev–Trinajstić information content (AvgIpc) is 2.94. The van der Waals surface area contributed by atoms with Crippen LogP contribution in [0.2, 0.25) is 5.02 Å². The van der Waals surface area contributed by atoms with E-state index in [1.54, 1.807) is 19.1 Å². The molecule has 1 N–H and O–H groups in total. The molecule has 27 heavy (non-hydrogen) atoms. The van der Waals surface area contributed by atoms with E-state index in [1.807, 2.05) is 48.0 Å². The number of hydrogen-bond donors (Lipinski definition) is 1. The summed E-state index contributed by atoms with van der Waals surface area (Å²) >= 11 is 6.08. The Balaban J connectivity index is 1.59. The molecule has 0 bridgehead atoms. The molecule has 136 valence electrons. The van der Waals surface area contributed by atoms with Crippen molar-refractivity contribution in [3.63, 3.8) is 0 Å². The van der Waals surface area contributed by atoms with Gasteiger partial charge in [0.05, 0.1) is 5.52 Å². The number of benzene rings is 2. The number of carbonyl (C=O) groups excluding carboxylic acids is 1. The van der Waals surface area contributed by atoms with Crippen molar-refractivity contribution in [2.24, 2.45) is 7.05 Å². The van der Waals surface area contributed by atoms with Gasteiger partial charge in [0.15, 0.2) is 11.8 Å². The molecule has 8 heteroatoms. The number of para-hydroxylation sites is 1. The van der Waals surface area contributed by atoms with Crippen molar-refractivity contribution in [2.45, 2.75) is 13.0 Å². The maximum Gasteiger partial charge on any atom is 0.267 e. The Labute approximate surface area is 159 Å². The largest absolute Gasteiger partial charge is 0.481 e. The molecule has 0 spiro atoms. The molecule has 1 amide bonds. The summed E-state index contributed by atoms with van der Waals surface area (Å²) in [5.41, 5.74) is 2.16. The topological polar surface area (TPSA) is 81.9 Å². The van der Waals surface area contributed by atoms with Gasteiger partial charge in [-0.2, -0.15) is 4.98 Å². The molecule has 0 saturated heterocycles. The smallest absolute Gasteiger partial charge is 0.267 e. The lowest BCUT2D eigenvalue weighted by Crippen LogP contribution is -2.31. The Morgan fingerprint density at radius 1 is 1.19 bits per heavy atom. The number of carbonyl (C=O) groups is 1. The van der Waals surface area contributed by atoms with E-state index in [-0.39, 0.29) is 11.9 Å². The van der Waals surface area contributed by atoms with E-state index in [1.165, 1.54) is 0 Å². The zero-order valence-electron chi connectivity index (χ0n) is 14.7. The zero-order valence-corrected chi connectivity index (χ0v) is 15.4. The van der Waals surface area contributed by atoms with Crippen molar-refractivity contribution in [1.82, 2.24) is 19.7 Å². The molecule has 0 saturated carbocycles. The number of hydrogen-bond acceptors (Lipinski definition) is 5. The number of fused-ring (bicyclic) bond motifs is 3. The van der Waals surface area contributed by atoms with E-state index >= 15 is 0 Å². The zero-order chi connectivity index (χ0) is 19.0. The summed E-state index contributed by atoms with van der Waals surface area (Å²) in [5, 5.41) is 12.4. The summed E-state index contributed by atoms with van der Waals surface area (Å²) < 4.78 is 7.50. The maximum absolute atomic E-state index is 12.4. The predicted molar refractivity (Wildman–Crippen MR) is 104 cm³/mol. The van der Waals surface area contributed by atoms with Crippen molar-refractivity contribution in [2.75, 3.05) is 5.32 Å². The molecule has 1 atom stereocenters. The Hall–Kier alpha value is -3.19. The summed E-state index contributed by atoms with van der Waals surface area (Å²) in [4.78, 5) is 16.8. The van der Waals surface area contributed by atoms with Crippen molar-refractivity contribution in [1.29, 1.82) is 0 Å². The third-order valence-corrected chi connectivity index (χ3v) is 4.46. The number of anilines is 1. The number of rotatable bonds is 4. The SMILES string of the molecule is CC(Oc1ccccc1)C(=O)Nc1nnc2c3cc(Cl)ccc3n(C)c2n1. The minimum atomic E-state index is -0.710. The van der Waals surface area contributed by atoms with Crippen LogP contribution in [0.1, 0.15) is 6.92 Å². The van der Waals surface area contributed by atoms with Crippen LogP contribution in [0, 0.1) is 0 Å². The van der Waals surface area contributed by atoms with Gasteiger partial charge < -0.3 is 9.30 Å². The third-order valence-electron chi connectivity index (χ3n) is 4.22. The number of nitrogens with zero attached hydrogens (tertiary/aromatic N) is 4. The molecule has 0 aliphatic carbocycles. The van der Waals surface area contributed by atoms with Crippen molar-refractivity contribution in [3.05, 3.63) is 53.6 Å². The Morgan fingerprint density at radius 3 is 2.74 bits per heavy atom. The van der Waals surface area contributed by atoms with Crippen LogP contribution in [0.15, 0.2) is 48.5 Å². The summed E-state index contributed by atoms with van der Waals surface area (Å²) in [6, 6.07) is 14.7. The van der Waals surface area contributed by atoms with Crippen molar-refractivity contribution >= 4 is 45.5 Å². The van der Waals surface area contributed by atoms with Gasteiger partial charge in [-0.25, -0.2) is 0 Å². The molecule has 4 rings (SSSR count). The molecule has 0 aliphatic rings. The fourth-order valence-electron chi connectivity index (χ4n) is 2.85. The van der Waals surface area contributed by atoms with Gasteiger partial charge in [-0.1, -0.05) is 29.8 Å². The molecule has 2 aromatic heterocycles. The fourth-order valence-corrected chi connectivity index (χ4v) is 3.02. The van der Waals surface area contributed by atoms with Crippen LogP contribution in [0.25, 0.3) is 22.1 Å². The monoisotopic (exact) mass is 381 g/mol. The van der Waals surface area contributed by atoms with Gasteiger partial charge in [0.1, 0.15) is 11.3 Å². The van der Waals surface area contributed by atoms with Gasteiger partial charge in [0.25, 0.3) is 11.9 Å². The lowest BCUT2D eigenvalue weighted by atomic mass is 10.2. The van der Waals surface area contributed by atoms with E-state index in [0.29, 0.717) is 21.9 Å². The summed E-state index contributed by atoms with van der Waals surface area (Å²) in [6.45, 7) is 1.66. The number of ether oxygens (including phenoxy) is 1. The molecule has 2 aromatic carbocycles. The average molecular weight is 382 g/mol. The molecular weight excluding hydrogens is 366 g/mol. The first-order chi connectivity index (χ1) is 13.0. The second kappa shape index (κ2) is 6.85. The number of nitrogens with one attached hydrogen (secondary N) is 1. The highest BCUT2D eigenvalue weighted by Crippen LogP contribution is 2.27. The second-order valence-electron chi connectivity index (χ2n) is 6.09. The molecular formula is C19H16ClN5O2. The van der Waals surface area contributed by atoms with Gasteiger partial charge in [-0.15, -0.1) is 10.2 Å². The predicted octanol–water partition coefficient (Wildman–Crippen LogP) is 3.58. The molecule has 2 heterocycles. The standard InChI is InChI=1S/C19H16ClN5O2/c1-11(27-13-6-4-3-5-7-13)18(26)22-19-21-17-16(23-24-19)14-10-12(20)8-9-15(14)25(17)2/h3-11H,1-2H3,(H,21,22,24,26). The van der Waals surface area contributed by atoms with Crippen LogP contribution in [0.5, 0.6) is 5.75 Å². The minimum Gasteiger partial charge on any atom is -0.481 e. The first-order valence-corrected chi connectivity index (χ1v) is 8.71. The van der Waals surface area contributed by atoms with Gasteiger partial charge in [0, 0.05) is 17.5 Å². The van der Waals surface area contributed by atoms with Crippen LogP contribution in [0.4, 0.5) is 5.95 Å². The van der Waals surface area contributed by atoms with Crippen LogP contribution < -0.4 is 10.1 Å². The van der Waals surface area contributed by atoms with Crippen molar-refractivity contribution < 1.29 is 9.53 Å². The molecule has 0 fully saturated rings. The van der Waals surface area contributed by atoms with E-state index in [2.05, 4.69) is 20.5 Å². The minimum absolute atomic E-state index is 0.119. The molecule has 1 unspecified atom stereocenters. The van der Waals surface area contributed by atoms with E-state index in [4.69, 9.17) is 16.3 Å². The van der Waals surface area contributed by atoms with E-state index < -0.39 is 6.10 Å². The summed E-state index contributed by atoms with van der Waals surface area (Å²) in [7, 11) is 1.87. The van der Waals surface area contributed by atoms with Crippen LogP contribution in [0.3, 0.4) is 0 Å². The van der Waals surface area contributed by atoms with Gasteiger partial charge in [-0.3, -0.25) is 10.1 Å². The first-order valence-electron chi connectivity index (χ1n) is 8.34. The Morgan fingerprint density at radius 2 is 1.96 bits per heavy atom. The third kappa shape index (κ3) is 3.29. The van der Waals surface area contributed by atoms with Crippen LogP contribution >= 0.6 is 11.6 Å². The molecule has 0 aliphatic heterocycles. The van der Waals surface area contributed by atoms with Gasteiger partial charge >= 0.3 is 0 Å². The Kier molecular flexibility index (Phi) is 4.37. The quantitative estimate of drug-likeness (QED) is 0.584. The summed E-state index contributed by atoms with van der Waals surface area (Å²) in [6.07, 6.45) is -0.710. The number of halogens is 1. The first kappa shape index (κ1) is 17.2. The maximum atomic E-state index is 12.4. The number of aromatic nitrogens is 4. The Bertz CT molecular complexity index is 1140. The highest BCUT2D eigenvalue weighted by atomic mass is 35.5. The normalized spacial score (nSPS) is 12.3. The molecule has 4 aromatic rings. The van der Waals surface area contributed by atoms with Gasteiger partial charge in [-0.05, 0) is 37.3 Å².